The molecule has 4 heteroatoms. The second kappa shape index (κ2) is 6.57. The minimum Gasteiger partial charge on any atom is -0.457 e. The van der Waals surface area contributed by atoms with Crippen LogP contribution in [0.5, 0.6) is 0 Å². The fourth-order valence-electron chi connectivity index (χ4n) is 3.86. The van der Waals surface area contributed by atoms with E-state index in [0.29, 0.717) is 0 Å². The first-order valence-electron chi connectivity index (χ1n) is 9.29. The van der Waals surface area contributed by atoms with E-state index in [1.165, 1.54) is 11.6 Å². The number of ether oxygens (including phenoxy) is 2. The maximum atomic E-state index is 12.7. The van der Waals surface area contributed by atoms with Gasteiger partial charge in [0.2, 0.25) is 0 Å². The van der Waals surface area contributed by atoms with E-state index >= 15 is 0 Å². The summed E-state index contributed by atoms with van der Waals surface area (Å²) < 4.78 is 11.1. The van der Waals surface area contributed by atoms with Gasteiger partial charge in [-0.25, -0.2) is 4.79 Å². The third kappa shape index (κ3) is 3.84. The predicted octanol–water partition coefficient (Wildman–Crippen LogP) is 4.39. The fourth-order valence-corrected chi connectivity index (χ4v) is 3.86. The minimum atomic E-state index is -0.519. The molecule has 0 amide bonds. The van der Waals surface area contributed by atoms with Crippen molar-refractivity contribution in [3.8, 4) is 0 Å². The Labute approximate surface area is 155 Å². The molecule has 3 atom stereocenters. The van der Waals surface area contributed by atoms with Gasteiger partial charge in [0.15, 0.2) is 0 Å². The molecule has 1 unspecified atom stereocenters. The second-order valence-corrected chi connectivity index (χ2v) is 8.88. The number of esters is 2. The van der Waals surface area contributed by atoms with E-state index in [4.69, 9.17) is 9.47 Å². The van der Waals surface area contributed by atoms with Gasteiger partial charge in [0.1, 0.15) is 11.7 Å². The molecule has 1 saturated carbocycles. The standard InChI is InChI=1S/C22H28O4/c1-21(2,3)26-18(23)13-11-16-19(22(16,4)5)20(24)25-17-12-10-14-8-6-7-9-15(14)17/h6-9,11,13,16-17,19H,10,12H2,1-5H3/t16-,17?,19-/m0/s1. The maximum absolute atomic E-state index is 12.7. The van der Waals surface area contributed by atoms with Crippen molar-refractivity contribution in [2.45, 2.75) is 59.2 Å². The molecule has 2 aliphatic rings. The Morgan fingerprint density at radius 1 is 1.19 bits per heavy atom. The molecular weight excluding hydrogens is 328 g/mol. The van der Waals surface area contributed by atoms with Gasteiger partial charge >= 0.3 is 11.9 Å². The van der Waals surface area contributed by atoms with Gasteiger partial charge in [0.25, 0.3) is 0 Å². The van der Waals surface area contributed by atoms with Crippen molar-refractivity contribution in [3.63, 3.8) is 0 Å². The number of aryl methyl sites for hydroxylation is 1. The smallest absolute Gasteiger partial charge is 0.330 e. The zero-order valence-corrected chi connectivity index (χ0v) is 16.2. The van der Waals surface area contributed by atoms with Gasteiger partial charge in [0, 0.05) is 6.08 Å². The summed E-state index contributed by atoms with van der Waals surface area (Å²) in [5.41, 5.74) is 1.67. The highest BCUT2D eigenvalue weighted by atomic mass is 16.6. The summed E-state index contributed by atoms with van der Waals surface area (Å²) in [7, 11) is 0. The van der Waals surface area contributed by atoms with Crippen LogP contribution in [-0.4, -0.2) is 17.5 Å². The van der Waals surface area contributed by atoms with Crippen molar-refractivity contribution >= 4 is 11.9 Å². The molecule has 4 nitrogen and oxygen atoms in total. The van der Waals surface area contributed by atoms with Gasteiger partial charge in [-0.05, 0) is 56.1 Å². The van der Waals surface area contributed by atoms with Crippen LogP contribution in [0.3, 0.4) is 0 Å². The Hall–Kier alpha value is -2.10. The third-order valence-corrected chi connectivity index (χ3v) is 5.35. The van der Waals surface area contributed by atoms with Crippen molar-refractivity contribution in [1.82, 2.24) is 0 Å². The number of hydrogen-bond acceptors (Lipinski definition) is 4. The van der Waals surface area contributed by atoms with Crippen LogP contribution in [0.15, 0.2) is 36.4 Å². The molecule has 0 aliphatic heterocycles. The van der Waals surface area contributed by atoms with Crippen LogP contribution in [0.25, 0.3) is 0 Å². The lowest BCUT2D eigenvalue weighted by Gasteiger charge is -2.17. The number of benzene rings is 1. The zero-order valence-electron chi connectivity index (χ0n) is 16.2. The number of allylic oxidation sites excluding steroid dienone is 1. The molecule has 0 saturated heterocycles. The SMILES string of the molecule is CC(C)(C)OC(=O)C=C[C@H]1[C@@H](C(=O)OC2CCc3ccccc32)C1(C)C. The molecule has 0 aromatic heterocycles. The van der Waals surface area contributed by atoms with E-state index in [0.717, 1.165) is 18.4 Å². The first-order chi connectivity index (χ1) is 12.1. The first kappa shape index (κ1) is 18.7. The molecule has 3 rings (SSSR count). The van der Waals surface area contributed by atoms with Gasteiger partial charge in [-0.15, -0.1) is 0 Å². The highest BCUT2D eigenvalue weighted by molar-refractivity contribution is 5.83. The fraction of sp³-hybridized carbons (Fsp3) is 0.545. The van der Waals surface area contributed by atoms with E-state index in [1.807, 2.05) is 52.8 Å². The molecule has 0 bridgehead atoms. The summed E-state index contributed by atoms with van der Waals surface area (Å²) in [6, 6.07) is 8.14. The van der Waals surface area contributed by atoms with Crippen LogP contribution < -0.4 is 0 Å². The van der Waals surface area contributed by atoms with Gasteiger partial charge in [0.05, 0.1) is 5.92 Å². The van der Waals surface area contributed by atoms with Gasteiger partial charge in [-0.2, -0.15) is 0 Å². The summed E-state index contributed by atoms with van der Waals surface area (Å²) in [6.45, 7) is 9.56. The van der Waals surface area contributed by atoms with Crippen molar-refractivity contribution in [3.05, 3.63) is 47.5 Å². The zero-order chi connectivity index (χ0) is 19.1. The lowest BCUT2D eigenvalue weighted by Crippen LogP contribution is -2.22. The Morgan fingerprint density at radius 3 is 2.58 bits per heavy atom. The number of hydrogen-bond donors (Lipinski definition) is 0. The molecule has 0 spiro atoms. The molecule has 1 fully saturated rings. The first-order valence-corrected chi connectivity index (χ1v) is 9.29. The van der Waals surface area contributed by atoms with Gasteiger partial charge in [-0.3, -0.25) is 4.79 Å². The summed E-state index contributed by atoms with van der Waals surface area (Å²) in [6.07, 6.45) is 4.88. The van der Waals surface area contributed by atoms with E-state index < -0.39 is 5.60 Å². The molecule has 2 aliphatic carbocycles. The van der Waals surface area contributed by atoms with Crippen LogP contribution in [-0.2, 0) is 25.5 Å². The molecule has 1 aromatic rings. The van der Waals surface area contributed by atoms with Gasteiger partial charge < -0.3 is 9.47 Å². The number of carbonyl (C=O) groups excluding carboxylic acids is 2. The average molecular weight is 356 g/mol. The number of carbonyl (C=O) groups is 2. The molecule has 140 valence electrons. The van der Waals surface area contributed by atoms with Crippen LogP contribution >= 0.6 is 0 Å². The lowest BCUT2D eigenvalue weighted by molar-refractivity contribution is -0.152. The highest BCUT2D eigenvalue weighted by Gasteiger charge is 2.61. The Bertz CT molecular complexity index is 739. The summed E-state index contributed by atoms with van der Waals surface area (Å²) in [5, 5.41) is 0. The molecule has 0 radical (unpaired) electrons. The van der Waals surface area contributed by atoms with Crippen LogP contribution in [0, 0.1) is 17.3 Å². The van der Waals surface area contributed by atoms with E-state index in [-0.39, 0.29) is 35.3 Å². The Balaban J connectivity index is 1.61. The number of fused-ring (bicyclic) bond motifs is 1. The lowest BCUT2D eigenvalue weighted by atomic mass is 10.1. The largest absolute Gasteiger partial charge is 0.457 e. The predicted molar refractivity (Wildman–Crippen MR) is 99.3 cm³/mol. The summed E-state index contributed by atoms with van der Waals surface area (Å²) in [5.74, 6) is -0.763. The minimum absolute atomic E-state index is 0.000773. The van der Waals surface area contributed by atoms with E-state index in [1.54, 1.807) is 6.08 Å². The normalized spacial score (nSPS) is 26.4. The van der Waals surface area contributed by atoms with Crippen LogP contribution in [0.2, 0.25) is 0 Å². The molecule has 1 aromatic carbocycles. The summed E-state index contributed by atoms with van der Waals surface area (Å²) in [4.78, 5) is 24.6. The molecule has 0 heterocycles. The second-order valence-electron chi connectivity index (χ2n) is 8.88. The molecule has 0 N–H and O–H groups in total. The van der Waals surface area contributed by atoms with Crippen molar-refractivity contribution in [2.24, 2.45) is 17.3 Å². The quantitative estimate of drug-likeness (QED) is 0.593. The van der Waals surface area contributed by atoms with Crippen LogP contribution in [0.1, 0.15) is 58.3 Å². The summed E-state index contributed by atoms with van der Waals surface area (Å²) >= 11 is 0. The van der Waals surface area contributed by atoms with Crippen molar-refractivity contribution < 1.29 is 19.1 Å². The molecule has 26 heavy (non-hydrogen) atoms. The highest BCUT2D eigenvalue weighted by Crippen LogP contribution is 2.60. The Kier molecular flexibility index (Phi) is 4.72. The Morgan fingerprint density at radius 2 is 1.88 bits per heavy atom. The van der Waals surface area contributed by atoms with Crippen molar-refractivity contribution in [2.75, 3.05) is 0 Å². The average Bonchev–Trinajstić information content (AvgIpc) is 2.86. The monoisotopic (exact) mass is 356 g/mol. The van der Waals surface area contributed by atoms with Gasteiger partial charge in [-0.1, -0.05) is 44.2 Å². The maximum Gasteiger partial charge on any atom is 0.330 e. The van der Waals surface area contributed by atoms with Crippen LogP contribution in [0.4, 0.5) is 0 Å². The third-order valence-electron chi connectivity index (χ3n) is 5.35. The topological polar surface area (TPSA) is 52.6 Å². The molecular formula is C22H28O4. The van der Waals surface area contributed by atoms with E-state index in [9.17, 15) is 9.59 Å². The van der Waals surface area contributed by atoms with E-state index in [2.05, 4.69) is 6.07 Å². The van der Waals surface area contributed by atoms with Crippen molar-refractivity contribution in [1.29, 1.82) is 0 Å². The number of rotatable bonds is 4.